The molecular weight excluding hydrogens is 424 g/mol. The zero-order valence-corrected chi connectivity index (χ0v) is 18.2. The van der Waals surface area contributed by atoms with Crippen molar-refractivity contribution in [3.63, 3.8) is 0 Å². The number of fused-ring (bicyclic) bond motifs is 1. The molecule has 2 heterocycles. The van der Waals surface area contributed by atoms with E-state index >= 15 is 0 Å². The lowest BCUT2D eigenvalue weighted by Crippen LogP contribution is -2.38. The molecular formula is C22H23ClN2O4S. The zero-order valence-electron chi connectivity index (χ0n) is 16.6. The highest BCUT2D eigenvalue weighted by Gasteiger charge is 2.30. The normalized spacial score (nSPS) is 17.1. The molecule has 0 unspecified atom stereocenters. The molecule has 1 aliphatic rings. The fourth-order valence-electron chi connectivity index (χ4n) is 3.75. The highest BCUT2D eigenvalue weighted by atomic mass is 35.5. The van der Waals surface area contributed by atoms with Gasteiger partial charge in [0.2, 0.25) is 10.0 Å². The molecule has 1 atom stereocenters. The number of aromatic amines is 1. The topological polar surface area (TPSA) is 79.5 Å². The first kappa shape index (κ1) is 21.1. The molecule has 3 aromatic rings. The van der Waals surface area contributed by atoms with Gasteiger partial charge in [-0.15, -0.1) is 0 Å². The summed E-state index contributed by atoms with van der Waals surface area (Å²) in [4.78, 5) is 15.8. The van der Waals surface area contributed by atoms with E-state index < -0.39 is 10.0 Å². The molecule has 1 N–H and O–H groups in total. The second-order valence-corrected chi connectivity index (χ2v) is 9.92. The van der Waals surface area contributed by atoms with Crippen LogP contribution in [0.2, 0.25) is 5.02 Å². The van der Waals surface area contributed by atoms with Gasteiger partial charge in [0.05, 0.1) is 16.5 Å². The molecule has 1 aromatic heterocycles. The SMILES string of the molecule is Cc1cccc2cc(CN(C[C@H]3CCCO3)S(=O)(=O)c3ccc(Cl)cc3)c(=O)[nH]c12. The Labute approximate surface area is 180 Å². The van der Waals surface area contributed by atoms with Crippen LogP contribution in [0.4, 0.5) is 0 Å². The number of benzene rings is 2. The number of pyridine rings is 1. The first-order valence-electron chi connectivity index (χ1n) is 9.83. The number of nitrogens with zero attached hydrogens (tertiary/aromatic N) is 1. The Hall–Kier alpha value is -2.19. The number of halogens is 1. The van der Waals surface area contributed by atoms with E-state index in [2.05, 4.69) is 4.98 Å². The van der Waals surface area contributed by atoms with E-state index in [1.807, 2.05) is 25.1 Å². The third-order valence-electron chi connectivity index (χ3n) is 5.39. The van der Waals surface area contributed by atoms with Crippen molar-refractivity contribution in [3.05, 3.63) is 75.0 Å². The first-order chi connectivity index (χ1) is 14.3. The average Bonchev–Trinajstić information content (AvgIpc) is 3.22. The van der Waals surface area contributed by atoms with Gasteiger partial charge in [-0.05, 0) is 61.0 Å². The van der Waals surface area contributed by atoms with Gasteiger partial charge >= 0.3 is 0 Å². The number of ether oxygens (including phenoxy) is 1. The van der Waals surface area contributed by atoms with E-state index in [9.17, 15) is 13.2 Å². The van der Waals surface area contributed by atoms with Crippen LogP contribution >= 0.6 is 11.6 Å². The maximum absolute atomic E-state index is 13.4. The Kier molecular flexibility index (Phi) is 5.97. The van der Waals surface area contributed by atoms with Gasteiger partial charge in [0, 0.05) is 30.3 Å². The van der Waals surface area contributed by atoms with E-state index in [1.165, 1.54) is 16.4 Å². The molecule has 0 spiro atoms. The van der Waals surface area contributed by atoms with Gasteiger partial charge in [0.25, 0.3) is 5.56 Å². The molecule has 0 aliphatic carbocycles. The molecule has 1 saturated heterocycles. The third-order valence-corrected chi connectivity index (χ3v) is 7.47. The summed E-state index contributed by atoms with van der Waals surface area (Å²) in [5, 5.41) is 1.33. The lowest BCUT2D eigenvalue weighted by molar-refractivity contribution is 0.0925. The van der Waals surface area contributed by atoms with Crippen molar-refractivity contribution in [2.45, 2.75) is 37.3 Å². The maximum atomic E-state index is 13.4. The number of aryl methyl sites for hydroxylation is 1. The lowest BCUT2D eigenvalue weighted by Gasteiger charge is -2.25. The van der Waals surface area contributed by atoms with Gasteiger partial charge in [-0.2, -0.15) is 4.31 Å². The minimum atomic E-state index is -3.84. The van der Waals surface area contributed by atoms with Gasteiger partial charge in [0.15, 0.2) is 0 Å². The number of H-pyrrole nitrogens is 1. The van der Waals surface area contributed by atoms with Crippen LogP contribution in [0, 0.1) is 6.92 Å². The van der Waals surface area contributed by atoms with Crippen molar-refractivity contribution in [1.82, 2.24) is 9.29 Å². The van der Waals surface area contributed by atoms with E-state index in [-0.39, 0.29) is 29.6 Å². The molecule has 6 nitrogen and oxygen atoms in total. The predicted molar refractivity (Wildman–Crippen MR) is 117 cm³/mol. The van der Waals surface area contributed by atoms with Gasteiger partial charge < -0.3 is 9.72 Å². The Bertz CT molecular complexity index is 1220. The summed E-state index contributed by atoms with van der Waals surface area (Å²) in [7, 11) is -3.84. The van der Waals surface area contributed by atoms with Gasteiger partial charge in [-0.1, -0.05) is 29.8 Å². The molecule has 0 saturated carbocycles. The average molecular weight is 447 g/mol. The van der Waals surface area contributed by atoms with Crippen molar-refractivity contribution in [2.24, 2.45) is 0 Å². The minimum absolute atomic E-state index is 0.0377. The van der Waals surface area contributed by atoms with Crippen molar-refractivity contribution in [3.8, 4) is 0 Å². The fourth-order valence-corrected chi connectivity index (χ4v) is 5.33. The highest BCUT2D eigenvalue weighted by molar-refractivity contribution is 7.89. The van der Waals surface area contributed by atoms with E-state index in [0.29, 0.717) is 17.2 Å². The predicted octanol–water partition coefficient (Wildman–Crippen LogP) is 3.86. The summed E-state index contributed by atoms with van der Waals surface area (Å²) in [5.41, 5.74) is 1.82. The van der Waals surface area contributed by atoms with Crippen LogP contribution in [0.3, 0.4) is 0 Å². The second-order valence-electron chi connectivity index (χ2n) is 7.55. The first-order valence-corrected chi connectivity index (χ1v) is 11.7. The van der Waals surface area contributed by atoms with Crippen molar-refractivity contribution in [1.29, 1.82) is 0 Å². The Morgan fingerprint density at radius 2 is 1.97 bits per heavy atom. The number of para-hydroxylation sites is 1. The van der Waals surface area contributed by atoms with Crippen molar-refractivity contribution >= 4 is 32.5 Å². The number of hydrogen-bond acceptors (Lipinski definition) is 4. The van der Waals surface area contributed by atoms with E-state index in [4.69, 9.17) is 16.3 Å². The third kappa shape index (κ3) is 4.30. The van der Waals surface area contributed by atoms with Gasteiger partial charge in [0.1, 0.15) is 0 Å². The summed E-state index contributed by atoms with van der Waals surface area (Å²) in [5.74, 6) is 0. The molecule has 0 bridgehead atoms. The van der Waals surface area contributed by atoms with Gasteiger partial charge in [-0.3, -0.25) is 4.79 Å². The van der Waals surface area contributed by atoms with Crippen LogP contribution in [0.25, 0.3) is 10.9 Å². The Balaban J connectivity index is 1.73. The molecule has 2 aromatic carbocycles. The number of nitrogens with one attached hydrogen (secondary N) is 1. The molecule has 4 rings (SSSR count). The summed E-state index contributed by atoms with van der Waals surface area (Å²) in [6.45, 7) is 2.70. The maximum Gasteiger partial charge on any atom is 0.252 e. The number of hydrogen-bond donors (Lipinski definition) is 1. The van der Waals surface area contributed by atoms with Crippen LogP contribution in [0.5, 0.6) is 0 Å². The Morgan fingerprint density at radius 3 is 2.67 bits per heavy atom. The molecule has 0 radical (unpaired) electrons. The fraction of sp³-hybridized carbons (Fsp3) is 0.318. The molecule has 30 heavy (non-hydrogen) atoms. The standard InChI is InChI=1S/C22H23ClN2O4S/c1-15-4-2-5-16-12-17(22(26)24-21(15)16)13-25(14-19-6-3-11-29-19)30(27,28)20-9-7-18(23)8-10-20/h2,4-5,7-10,12,19H,3,6,11,13-14H2,1H3,(H,24,26)/t19-/m1/s1. The quantitative estimate of drug-likeness (QED) is 0.623. The zero-order chi connectivity index (χ0) is 21.3. The summed E-state index contributed by atoms with van der Waals surface area (Å²) in [6.07, 6.45) is 1.50. The second kappa shape index (κ2) is 8.51. The number of aromatic nitrogens is 1. The van der Waals surface area contributed by atoms with E-state index in [1.54, 1.807) is 18.2 Å². The van der Waals surface area contributed by atoms with Crippen molar-refractivity contribution < 1.29 is 13.2 Å². The van der Waals surface area contributed by atoms with E-state index in [0.717, 1.165) is 29.3 Å². The molecule has 8 heteroatoms. The highest BCUT2D eigenvalue weighted by Crippen LogP contribution is 2.24. The minimum Gasteiger partial charge on any atom is -0.377 e. The smallest absolute Gasteiger partial charge is 0.252 e. The largest absolute Gasteiger partial charge is 0.377 e. The number of sulfonamides is 1. The molecule has 158 valence electrons. The molecule has 1 aliphatic heterocycles. The van der Waals surface area contributed by atoms with Crippen molar-refractivity contribution in [2.75, 3.05) is 13.2 Å². The Morgan fingerprint density at radius 1 is 1.20 bits per heavy atom. The lowest BCUT2D eigenvalue weighted by atomic mass is 10.1. The summed E-state index contributed by atoms with van der Waals surface area (Å²) in [6, 6.07) is 13.6. The van der Waals surface area contributed by atoms with Crippen LogP contribution in [0.1, 0.15) is 24.0 Å². The number of rotatable bonds is 6. The van der Waals surface area contributed by atoms with Crippen LogP contribution < -0.4 is 5.56 Å². The molecule has 0 amide bonds. The van der Waals surface area contributed by atoms with Gasteiger partial charge in [-0.25, -0.2) is 8.42 Å². The molecule has 1 fully saturated rings. The van der Waals surface area contributed by atoms with Crippen LogP contribution in [-0.2, 0) is 21.3 Å². The van der Waals surface area contributed by atoms with Crippen LogP contribution in [0.15, 0.2) is 58.2 Å². The summed E-state index contributed by atoms with van der Waals surface area (Å²) >= 11 is 5.92. The van der Waals surface area contributed by atoms with Crippen LogP contribution in [-0.4, -0.2) is 37.0 Å². The summed E-state index contributed by atoms with van der Waals surface area (Å²) < 4.78 is 33.8. The monoisotopic (exact) mass is 446 g/mol.